The van der Waals surface area contributed by atoms with Crippen molar-refractivity contribution in [2.75, 3.05) is 6.54 Å². The van der Waals surface area contributed by atoms with Gasteiger partial charge < -0.3 is 5.32 Å². The van der Waals surface area contributed by atoms with Crippen LogP contribution in [-0.2, 0) is 0 Å². The molecule has 0 fully saturated rings. The molecule has 2 aromatic rings. The van der Waals surface area contributed by atoms with Crippen molar-refractivity contribution in [3.8, 4) is 11.3 Å². The Labute approximate surface area is 108 Å². The van der Waals surface area contributed by atoms with Crippen LogP contribution in [0, 0.1) is 5.82 Å². The minimum atomic E-state index is -0.320. The Bertz CT molecular complexity index is 539. The minimum absolute atomic E-state index is 0.189. The summed E-state index contributed by atoms with van der Waals surface area (Å²) in [6.07, 6.45) is 0.865. The van der Waals surface area contributed by atoms with Crippen molar-refractivity contribution in [1.82, 2.24) is 14.9 Å². The second-order valence-corrected chi connectivity index (χ2v) is 4.47. The molecular weight excluding hydrogens is 253 g/mol. The molecule has 2 rings (SSSR count). The third kappa shape index (κ3) is 2.70. The van der Waals surface area contributed by atoms with Gasteiger partial charge in [-0.2, -0.15) is 0 Å². The third-order valence-corrected chi connectivity index (χ3v) is 3.07. The van der Waals surface area contributed by atoms with E-state index in [1.54, 1.807) is 12.1 Å². The summed E-state index contributed by atoms with van der Waals surface area (Å²) in [4.78, 5) is 12.3. The molecule has 1 heterocycles. The highest BCUT2D eigenvalue weighted by Gasteiger charge is 2.17. The smallest absolute Gasteiger partial charge is 0.265 e. The van der Waals surface area contributed by atoms with E-state index in [0.717, 1.165) is 18.0 Å². The zero-order valence-corrected chi connectivity index (χ0v) is 10.6. The van der Waals surface area contributed by atoms with Gasteiger partial charge in [0.2, 0.25) is 0 Å². The molecule has 0 atom stereocenters. The lowest BCUT2D eigenvalue weighted by Gasteiger charge is -2.02. The molecule has 0 spiro atoms. The summed E-state index contributed by atoms with van der Waals surface area (Å²) in [6, 6.07) is 5.84. The Morgan fingerprint density at radius 2 is 2.11 bits per heavy atom. The van der Waals surface area contributed by atoms with Crippen molar-refractivity contribution in [1.29, 1.82) is 0 Å². The normalized spacial score (nSPS) is 10.3. The molecule has 0 aliphatic carbocycles. The SMILES string of the molecule is CCCNC(=O)c1snnc1-c1ccc(F)cc1. The summed E-state index contributed by atoms with van der Waals surface area (Å²) in [5.41, 5.74) is 1.18. The van der Waals surface area contributed by atoms with Crippen LogP contribution >= 0.6 is 11.5 Å². The number of amides is 1. The first kappa shape index (κ1) is 12.6. The molecule has 0 radical (unpaired) electrons. The Morgan fingerprint density at radius 1 is 1.39 bits per heavy atom. The van der Waals surface area contributed by atoms with Crippen molar-refractivity contribution in [3.63, 3.8) is 0 Å². The molecule has 94 valence electrons. The molecule has 0 unspecified atom stereocenters. The van der Waals surface area contributed by atoms with Gasteiger partial charge in [-0.3, -0.25) is 4.79 Å². The fourth-order valence-corrected chi connectivity index (χ4v) is 2.06. The summed E-state index contributed by atoms with van der Waals surface area (Å²) in [6.45, 7) is 2.59. The van der Waals surface area contributed by atoms with E-state index in [2.05, 4.69) is 14.9 Å². The van der Waals surface area contributed by atoms with Crippen molar-refractivity contribution in [3.05, 3.63) is 35.0 Å². The molecule has 1 amide bonds. The summed E-state index contributed by atoms with van der Waals surface area (Å²) in [5, 5.41) is 6.70. The number of hydrogen-bond donors (Lipinski definition) is 1. The Balaban J connectivity index is 2.27. The lowest BCUT2D eigenvalue weighted by atomic mass is 10.1. The van der Waals surface area contributed by atoms with Crippen LogP contribution in [0.25, 0.3) is 11.3 Å². The number of benzene rings is 1. The van der Waals surface area contributed by atoms with Crippen LogP contribution in [0.15, 0.2) is 24.3 Å². The van der Waals surface area contributed by atoms with Crippen LogP contribution in [0.4, 0.5) is 4.39 Å². The van der Waals surface area contributed by atoms with Gasteiger partial charge in [-0.15, -0.1) is 5.10 Å². The van der Waals surface area contributed by atoms with Gasteiger partial charge in [-0.05, 0) is 42.2 Å². The summed E-state index contributed by atoms with van der Waals surface area (Å²) < 4.78 is 16.6. The summed E-state index contributed by atoms with van der Waals surface area (Å²) in [5.74, 6) is -0.509. The maximum Gasteiger partial charge on any atom is 0.265 e. The molecule has 18 heavy (non-hydrogen) atoms. The van der Waals surface area contributed by atoms with E-state index in [1.165, 1.54) is 12.1 Å². The molecule has 0 saturated heterocycles. The Hall–Kier alpha value is -1.82. The number of hydrogen-bond acceptors (Lipinski definition) is 4. The first-order valence-electron chi connectivity index (χ1n) is 5.59. The Kier molecular flexibility index (Phi) is 3.99. The van der Waals surface area contributed by atoms with E-state index in [1.807, 2.05) is 6.92 Å². The molecule has 6 heteroatoms. The average molecular weight is 265 g/mol. The van der Waals surface area contributed by atoms with Crippen molar-refractivity contribution < 1.29 is 9.18 Å². The maximum atomic E-state index is 12.8. The molecule has 0 bridgehead atoms. The lowest BCUT2D eigenvalue weighted by molar-refractivity contribution is 0.0958. The number of rotatable bonds is 4. The third-order valence-electron chi connectivity index (χ3n) is 2.35. The molecule has 1 aromatic heterocycles. The van der Waals surface area contributed by atoms with Crippen LogP contribution in [0.3, 0.4) is 0 Å². The first-order valence-corrected chi connectivity index (χ1v) is 6.36. The van der Waals surface area contributed by atoms with E-state index in [0.29, 0.717) is 22.7 Å². The fraction of sp³-hybridized carbons (Fsp3) is 0.250. The maximum absolute atomic E-state index is 12.8. The van der Waals surface area contributed by atoms with Crippen LogP contribution in [0.5, 0.6) is 0 Å². The van der Waals surface area contributed by atoms with Crippen LogP contribution in [0.1, 0.15) is 23.0 Å². The molecule has 4 nitrogen and oxygen atoms in total. The molecule has 1 N–H and O–H groups in total. The second kappa shape index (κ2) is 5.68. The fourth-order valence-electron chi connectivity index (χ4n) is 1.46. The number of aromatic nitrogens is 2. The summed E-state index contributed by atoms with van der Waals surface area (Å²) in [7, 11) is 0. The second-order valence-electron chi connectivity index (χ2n) is 3.71. The number of halogens is 1. The topological polar surface area (TPSA) is 54.9 Å². The number of carbonyl (C=O) groups is 1. The highest BCUT2D eigenvalue weighted by molar-refractivity contribution is 7.08. The monoisotopic (exact) mass is 265 g/mol. The lowest BCUT2D eigenvalue weighted by Crippen LogP contribution is -2.23. The number of carbonyl (C=O) groups excluding carboxylic acids is 1. The predicted molar refractivity (Wildman–Crippen MR) is 67.9 cm³/mol. The van der Waals surface area contributed by atoms with Crippen LogP contribution < -0.4 is 5.32 Å². The van der Waals surface area contributed by atoms with E-state index >= 15 is 0 Å². The van der Waals surface area contributed by atoms with Gasteiger partial charge in [0, 0.05) is 12.1 Å². The molecular formula is C12H12FN3OS. The van der Waals surface area contributed by atoms with Gasteiger partial charge in [-0.1, -0.05) is 11.4 Å². The van der Waals surface area contributed by atoms with E-state index in [4.69, 9.17) is 0 Å². The van der Waals surface area contributed by atoms with Crippen LogP contribution in [0.2, 0.25) is 0 Å². The first-order chi connectivity index (χ1) is 8.72. The molecule has 0 aliphatic rings. The van der Waals surface area contributed by atoms with Crippen molar-refractivity contribution in [2.45, 2.75) is 13.3 Å². The van der Waals surface area contributed by atoms with Crippen LogP contribution in [-0.4, -0.2) is 22.0 Å². The van der Waals surface area contributed by atoms with Gasteiger partial charge >= 0.3 is 0 Å². The highest BCUT2D eigenvalue weighted by Crippen LogP contribution is 2.23. The van der Waals surface area contributed by atoms with Crippen molar-refractivity contribution in [2.24, 2.45) is 0 Å². The van der Waals surface area contributed by atoms with Gasteiger partial charge in [0.1, 0.15) is 16.4 Å². The van der Waals surface area contributed by atoms with Gasteiger partial charge in [0.25, 0.3) is 5.91 Å². The highest BCUT2D eigenvalue weighted by atomic mass is 32.1. The number of nitrogens with zero attached hydrogens (tertiary/aromatic N) is 2. The molecule has 1 aromatic carbocycles. The largest absolute Gasteiger partial charge is 0.351 e. The standard InChI is InChI=1S/C12H12FN3OS/c1-2-7-14-12(17)11-10(15-16-18-11)8-3-5-9(13)6-4-8/h3-6H,2,7H2,1H3,(H,14,17). The minimum Gasteiger partial charge on any atom is -0.351 e. The van der Waals surface area contributed by atoms with Crippen molar-refractivity contribution >= 4 is 17.4 Å². The van der Waals surface area contributed by atoms with E-state index in [-0.39, 0.29) is 11.7 Å². The van der Waals surface area contributed by atoms with Gasteiger partial charge in [0.05, 0.1) is 0 Å². The number of nitrogens with one attached hydrogen (secondary N) is 1. The zero-order chi connectivity index (χ0) is 13.0. The summed E-state index contributed by atoms with van der Waals surface area (Å²) >= 11 is 1.04. The molecule has 0 saturated carbocycles. The van der Waals surface area contributed by atoms with Gasteiger partial charge in [0.15, 0.2) is 0 Å². The van der Waals surface area contributed by atoms with E-state index < -0.39 is 0 Å². The Morgan fingerprint density at radius 3 is 2.78 bits per heavy atom. The zero-order valence-electron chi connectivity index (χ0n) is 9.81. The predicted octanol–water partition coefficient (Wildman–Crippen LogP) is 2.48. The van der Waals surface area contributed by atoms with E-state index in [9.17, 15) is 9.18 Å². The molecule has 0 aliphatic heterocycles. The van der Waals surface area contributed by atoms with Gasteiger partial charge in [-0.25, -0.2) is 4.39 Å². The quantitative estimate of drug-likeness (QED) is 0.924. The average Bonchev–Trinajstić information content (AvgIpc) is 2.86.